The van der Waals surface area contributed by atoms with Gasteiger partial charge in [0.15, 0.2) is 5.79 Å². The van der Waals surface area contributed by atoms with Crippen molar-refractivity contribution in [2.75, 3.05) is 13.7 Å². The van der Waals surface area contributed by atoms with E-state index >= 15 is 0 Å². The lowest BCUT2D eigenvalue weighted by atomic mass is 9.44. The summed E-state index contributed by atoms with van der Waals surface area (Å²) in [6.45, 7) is 11.0. The van der Waals surface area contributed by atoms with Crippen molar-refractivity contribution in [1.29, 1.82) is 0 Å². The van der Waals surface area contributed by atoms with Gasteiger partial charge in [-0.15, -0.1) is 0 Å². The Hall–Kier alpha value is -0.120. The van der Waals surface area contributed by atoms with Gasteiger partial charge in [-0.2, -0.15) is 0 Å². The Kier molecular flexibility index (Phi) is 4.97. The lowest BCUT2D eigenvalue weighted by Crippen LogP contribution is -2.55. The summed E-state index contributed by atoms with van der Waals surface area (Å²) >= 11 is 0. The molecule has 6 rings (SSSR count). The van der Waals surface area contributed by atoms with Gasteiger partial charge in [0, 0.05) is 19.4 Å². The monoisotopic (exact) mass is 430 g/mol. The van der Waals surface area contributed by atoms with Crippen LogP contribution in [0.2, 0.25) is 0 Å². The number of rotatable bonds is 1. The minimum Gasteiger partial charge on any atom is -0.381 e. The maximum atomic E-state index is 6.93. The van der Waals surface area contributed by atoms with Crippen LogP contribution in [0.4, 0.5) is 0 Å². The number of fused-ring (bicyclic) bond motifs is 7. The minimum absolute atomic E-state index is 0.269. The van der Waals surface area contributed by atoms with Crippen molar-refractivity contribution in [2.24, 2.45) is 52.3 Å². The van der Waals surface area contributed by atoms with Crippen LogP contribution < -0.4 is 0 Å². The summed E-state index contributed by atoms with van der Waals surface area (Å²) in [6, 6.07) is 0. The zero-order chi connectivity index (χ0) is 21.6. The molecule has 2 heterocycles. The Bertz CT molecular complexity index is 698. The van der Waals surface area contributed by atoms with Crippen molar-refractivity contribution in [3.63, 3.8) is 0 Å². The van der Waals surface area contributed by atoms with E-state index in [2.05, 4.69) is 27.7 Å². The highest BCUT2D eigenvalue weighted by Gasteiger charge is 2.69. The minimum atomic E-state index is -0.269. The average Bonchev–Trinajstić information content (AvgIpc) is 3.20. The molecule has 12 atom stereocenters. The molecule has 1 spiro atoms. The third kappa shape index (κ3) is 2.88. The van der Waals surface area contributed by atoms with Gasteiger partial charge < -0.3 is 14.2 Å². The summed E-state index contributed by atoms with van der Waals surface area (Å²) < 4.78 is 19.2. The molecule has 2 saturated heterocycles. The quantitative estimate of drug-likeness (QED) is 0.478. The van der Waals surface area contributed by atoms with Crippen LogP contribution in [0.25, 0.3) is 0 Å². The van der Waals surface area contributed by atoms with Crippen LogP contribution in [0.5, 0.6) is 0 Å². The van der Waals surface area contributed by atoms with Gasteiger partial charge in [-0.1, -0.05) is 27.7 Å². The molecule has 0 aromatic carbocycles. The summed E-state index contributed by atoms with van der Waals surface area (Å²) in [5.74, 6) is 5.25. The van der Waals surface area contributed by atoms with E-state index in [-0.39, 0.29) is 5.79 Å². The van der Waals surface area contributed by atoms with E-state index in [4.69, 9.17) is 14.2 Å². The van der Waals surface area contributed by atoms with Crippen molar-refractivity contribution < 1.29 is 14.2 Å². The Morgan fingerprint density at radius 3 is 2.39 bits per heavy atom. The Morgan fingerprint density at radius 1 is 0.839 bits per heavy atom. The molecule has 0 aromatic rings. The molecule has 6 aliphatic rings. The molecule has 0 amide bonds. The molecular weight excluding hydrogens is 384 g/mol. The fourth-order valence-corrected chi connectivity index (χ4v) is 10.5. The van der Waals surface area contributed by atoms with Crippen LogP contribution in [-0.4, -0.2) is 31.7 Å². The number of methoxy groups -OCH3 is 1. The second kappa shape index (κ2) is 7.19. The van der Waals surface area contributed by atoms with E-state index in [1.807, 2.05) is 7.11 Å². The molecule has 4 saturated carbocycles. The van der Waals surface area contributed by atoms with Crippen molar-refractivity contribution in [3.8, 4) is 0 Å². The standard InChI is InChI=1S/C28H46O3/c1-17-8-13-28(30-16-17)18(2)25-24(31-28)15-23-21-7-6-19-14-20(29-5)9-11-26(19,3)22(21)10-12-27(23,25)4/h17-25H,6-16H2,1-5H3/t17?,18-,19+,20+,21?,22?,23?,24-,25?,26-,27-,28+/m0/s1. The van der Waals surface area contributed by atoms with Crippen LogP contribution >= 0.6 is 0 Å². The molecule has 0 aromatic heterocycles. The summed E-state index contributed by atoms with van der Waals surface area (Å²) in [4.78, 5) is 0. The highest BCUT2D eigenvalue weighted by Crippen LogP contribution is 2.71. The molecule has 4 aliphatic carbocycles. The fourth-order valence-electron chi connectivity index (χ4n) is 10.5. The molecule has 0 N–H and O–H groups in total. The van der Waals surface area contributed by atoms with Crippen molar-refractivity contribution in [2.45, 2.75) is 110 Å². The van der Waals surface area contributed by atoms with Gasteiger partial charge in [0.05, 0.1) is 18.8 Å². The van der Waals surface area contributed by atoms with E-state index in [1.165, 1.54) is 57.8 Å². The molecular formula is C28H46O3. The lowest BCUT2D eigenvalue weighted by molar-refractivity contribution is -0.273. The van der Waals surface area contributed by atoms with E-state index in [0.717, 1.165) is 36.7 Å². The second-order valence-corrected chi connectivity index (χ2v) is 13.3. The van der Waals surface area contributed by atoms with E-state index in [0.29, 0.717) is 40.8 Å². The molecule has 3 nitrogen and oxygen atoms in total. The summed E-state index contributed by atoms with van der Waals surface area (Å²) in [7, 11) is 1.92. The topological polar surface area (TPSA) is 27.7 Å². The predicted molar refractivity (Wildman–Crippen MR) is 123 cm³/mol. The second-order valence-electron chi connectivity index (χ2n) is 13.3. The van der Waals surface area contributed by atoms with E-state index < -0.39 is 0 Å². The van der Waals surface area contributed by atoms with Crippen LogP contribution in [0.15, 0.2) is 0 Å². The van der Waals surface area contributed by atoms with Gasteiger partial charge in [-0.05, 0) is 104 Å². The zero-order valence-corrected chi connectivity index (χ0v) is 20.7. The Morgan fingerprint density at radius 2 is 1.65 bits per heavy atom. The summed E-state index contributed by atoms with van der Waals surface area (Å²) in [5.41, 5.74) is 1.00. The SMILES string of the molecule is CO[C@@H]1CC[C@]2(C)C3CC[C@@]4(C)C(C[C@@H]5O[C@]6(CCC(C)CO6)[C@@H](C)C54)C3CC[C@@H]2C1. The highest BCUT2D eigenvalue weighted by atomic mass is 16.7. The highest BCUT2D eigenvalue weighted by molar-refractivity contribution is 5.15. The van der Waals surface area contributed by atoms with Gasteiger partial charge in [0.25, 0.3) is 0 Å². The van der Waals surface area contributed by atoms with Crippen molar-refractivity contribution in [3.05, 3.63) is 0 Å². The first-order valence-electron chi connectivity index (χ1n) is 13.7. The lowest BCUT2D eigenvalue weighted by Gasteiger charge is -2.61. The molecule has 2 aliphatic heterocycles. The molecule has 0 bridgehead atoms. The largest absolute Gasteiger partial charge is 0.381 e. The molecule has 5 unspecified atom stereocenters. The smallest absolute Gasteiger partial charge is 0.171 e. The van der Waals surface area contributed by atoms with Gasteiger partial charge in [-0.25, -0.2) is 0 Å². The molecule has 6 fully saturated rings. The van der Waals surface area contributed by atoms with Gasteiger partial charge in [0.1, 0.15) is 0 Å². The van der Waals surface area contributed by atoms with Crippen LogP contribution in [0, 0.1) is 52.3 Å². The van der Waals surface area contributed by atoms with Gasteiger partial charge in [-0.3, -0.25) is 0 Å². The third-order valence-electron chi connectivity index (χ3n) is 12.2. The van der Waals surface area contributed by atoms with Crippen molar-refractivity contribution >= 4 is 0 Å². The zero-order valence-electron chi connectivity index (χ0n) is 20.7. The first kappa shape index (κ1) is 21.4. The maximum absolute atomic E-state index is 6.93. The number of hydrogen-bond acceptors (Lipinski definition) is 3. The molecule has 3 heteroatoms. The molecule has 31 heavy (non-hydrogen) atoms. The number of hydrogen-bond donors (Lipinski definition) is 0. The Labute approximate surface area is 190 Å². The molecule has 176 valence electrons. The van der Waals surface area contributed by atoms with Crippen molar-refractivity contribution in [1.82, 2.24) is 0 Å². The first-order valence-corrected chi connectivity index (χ1v) is 13.7. The van der Waals surface area contributed by atoms with Crippen LogP contribution in [-0.2, 0) is 14.2 Å². The first-order chi connectivity index (χ1) is 14.8. The third-order valence-corrected chi connectivity index (χ3v) is 12.2. The summed E-state index contributed by atoms with van der Waals surface area (Å²) in [5, 5.41) is 0. The maximum Gasteiger partial charge on any atom is 0.171 e. The average molecular weight is 431 g/mol. The fraction of sp³-hybridized carbons (Fsp3) is 1.00. The number of ether oxygens (including phenoxy) is 3. The Balaban J connectivity index is 1.24. The van der Waals surface area contributed by atoms with E-state index in [1.54, 1.807) is 0 Å². The summed E-state index contributed by atoms with van der Waals surface area (Å²) in [6.07, 6.45) is 14.3. The van der Waals surface area contributed by atoms with Gasteiger partial charge in [0.2, 0.25) is 0 Å². The predicted octanol–water partition coefficient (Wildman–Crippen LogP) is 6.45. The van der Waals surface area contributed by atoms with Crippen LogP contribution in [0.1, 0.15) is 91.9 Å². The van der Waals surface area contributed by atoms with E-state index in [9.17, 15) is 0 Å². The van der Waals surface area contributed by atoms with Gasteiger partial charge >= 0.3 is 0 Å². The van der Waals surface area contributed by atoms with Crippen LogP contribution in [0.3, 0.4) is 0 Å². The molecule has 0 radical (unpaired) electrons. The normalized spacial score (nSPS) is 60.9.